The molecule has 0 saturated carbocycles. The Hall–Kier alpha value is -2.37. The Morgan fingerprint density at radius 3 is 2.38 bits per heavy atom. The van der Waals surface area contributed by atoms with Gasteiger partial charge < -0.3 is 0 Å². The summed E-state index contributed by atoms with van der Waals surface area (Å²) in [6.45, 7) is 2.63. The van der Waals surface area contributed by atoms with Crippen molar-refractivity contribution in [2.24, 2.45) is 7.05 Å². The number of nitrogens with one attached hydrogen (secondary N) is 1. The van der Waals surface area contributed by atoms with Gasteiger partial charge in [-0.05, 0) is 30.5 Å². The van der Waals surface area contributed by atoms with Gasteiger partial charge >= 0.3 is 6.03 Å². The van der Waals surface area contributed by atoms with Gasteiger partial charge in [0.05, 0.1) is 5.52 Å². The smallest absolute Gasteiger partial charge is 0.278 e. The number of urea groups is 1. The number of carbonyl (C=O) groups is 2. The molecular weight excluding hydrogens is 364 g/mol. The van der Waals surface area contributed by atoms with Gasteiger partial charge in [-0.15, -0.1) is 0 Å². The first-order valence-electron chi connectivity index (χ1n) is 11.2. The molecular formula is C23H34N4O2. The minimum absolute atomic E-state index is 0.227. The summed E-state index contributed by atoms with van der Waals surface area (Å²) in [6.07, 6.45) is 13.4. The average Bonchev–Trinajstić information content (AvgIpc) is 3.03. The average molecular weight is 399 g/mol. The lowest BCUT2D eigenvalue weighted by Crippen LogP contribution is -2.49. The lowest BCUT2D eigenvalue weighted by atomic mass is 10.0. The molecule has 1 N–H and O–H groups in total. The number of aromatic nitrogens is 2. The van der Waals surface area contributed by atoms with Gasteiger partial charge in [0, 0.05) is 25.4 Å². The number of unbranched alkanes of at least 4 members (excludes halogenated alkanes) is 8. The number of imide groups is 1. The summed E-state index contributed by atoms with van der Waals surface area (Å²) in [5.74, 6) is 0.400. The van der Waals surface area contributed by atoms with E-state index in [1.54, 1.807) is 4.90 Å². The number of anilines is 1. The standard InChI is InChI=1S/C23H34N4O2/c1-3-4-5-6-7-8-9-10-11-12-18-13-14-19-20(17-18)26(2)25-22(19)27-16-15-21(28)24-23(27)29/h13-14,17H,3-12,15-16H2,1-2H3,(H,24,28,29). The zero-order valence-corrected chi connectivity index (χ0v) is 17.9. The van der Waals surface area contributed by atoms with Crippen LogP contribution in [0.2, 0.25) is 0 Å². The monoisotopic (exact) mass is 398 g/mol. The Bertz CT molecular complexity index is 843. The van der Waals surface area contributed by atoms with Crippen LogP contribution >= 0.6 is 0 Å². The maximum atomic E-state index is 12.2. The van der Waals surface area contributed by atoms with E-state index in [4.69, 9.17) is 0 Å². The van der Waals surface area contributed by atoms with Crippen molar-refractivity contribution in [2.45, 2.75) is 77.6 Å². The first-order chi connectivity index (χ1) is 14.1. The van der Waals surface area contributed by atoms with Crippen LogP contribution in [0.15, 0.2) is 18.2 Å². The van der Waals surface area contributed by atoms with Crippen LogP contribution in [0.4, 0.5) is 10.6 Å². The second kappa shape index (κ2) is 10.4. The van der Waals surface area contributed by atoms with Crippen LogP contribution in [0.5, 0.6) is 0 Å². The molecule has 2 aromatic rings. The molecule has 0 unspecified atom stereocenters. The fraction of sp³-hybridized carbons (Fsp3) is 0.609. The number of carbonyl (C=O) groups excluding carboxylic acids is 2. The topological polar surface area (TPSA) is 67.2 Å². The van der Waals surface area contributed by atoms with Crippen molar-refractivity contribution in [1.82, 2.24) is 15.1 Å². The van der Waals surface area contributed by atoms with E-state index >= 15 is 0 Å². The lowest BCUT2D eigenvalue weighted by Gasteiger charge is -2.24. The van der Waals surface area contributed by atoms with Gasteiger partial charge in [-0.3, -0.25) is 19.7 Å². The Labute approximate surface area is 173 Å². The van der Waals surface area contributed by atoms with Gasteiger partial charge in [-0.2, -0.15) is 5.10 Å². The Kier molecular flexibility index (Phi) is 7.67. The quantitative estimate of drug-likeness (QED) is 0.536. The molecule has 1 aliphatic rings. The van der Waals surface area contributed by atoms with Crippen molar-refractivity contribution in [3.63, 3.8) is 0 Å². The third-order valence-corrected chi connectivity index (χ3v) is 5.78. The van der Waals surface area contributed by atoms with Crippen LogP contribution in [0, 0.1) is 0 Å². The Morgan fingerprint density at radius 1 is 1.00 bits per heavy atom. The van der Waals surface area contributed by atoms with Crippen LogP contribution < -0.4 is 10.2 Å². The summed E-state index contributed by atoms with van der Waals surface area (Å²) in [6, 6.07) is 6.00. The Morgan fingerprint density at radius 2 is 1.69 bits per heavy atom. The van der Waals surface area contributed by atoms with E-state index in [-0.39, 0.29) is 11.9 Å². The summed E-state index contributed by atoms with van der Waals surface area (Å²) < 4.78 is 1.83. The molecule has 1 aliphatic heterocycles. The highest BCUT2D eigenvalue weighted by molar-refractivity contribution is 6.08. The van der Waals surface area contributed by atoms with Gasteiger partial charge in [-0.1, -0.05) is 64.4 Å². The molecule has 6 heteroatoms. The van der Waals surface area contributed by atoms with Crippen molar-refractivity contribution in [3.8, 4) is 0 Å². The van der Waals surface area contributed by atoms with Crippen molar-refractivity contribution in [2.75, 3.05) is 11.4 Å². The molecule has 0 spiro atoms. The highest BCUT2D eigenvalue weighted by Gasteiger charge is 2.27. The van der Waals surface area contributed by atoms with E-state index in [1.165, 1.54) is 63.4 Å². The first kappa shape index (κ1) is 21.3. The zero-order valence-electron chi connectivity index (χ0n) is 17.9. The molecule has 0 aliphatic carbocycles. The summed E-state index contributed by atoms with van der Waals surface area (Å²) >= 11 is 0. The van der Waals surface area contributed by atoms with Gasteiger partial charge in [0.2, 0.25) is 5.91 Å². The minimum atomic E-state index is -0.389. The van der Waals surface area contributed by atoms with E-state index in [9.17, 15) is 9.59 Å². The predicted molar refractivity (Wildman–Crippen MR) is 117 cm³/mol. The van der Waals surface area contributed by atoms with Crippen LogP contribution in [0.1, 0.15) is 76.7 Å². The van der Waals surface area contributed by atoms with E-state index in [0.29, 0.717) is 18.8 Å². The Balaban J connectivity index is 1.52. The maximum absolute atomic E-state index is 12.2. The molecule has 1 fully saturated rings. The molecule has 0 radical (unpaired) electrons. The highest BCUT2D eigenvalue weighted by atomic mass is 16.2. The molecule has 1 aromatic carbocycles. The molecule has 2 heterocycles. The fourth-order valence-electron chi connectivity index (χ4n) is 4.04. The van der Waals surface area contributed by atoms with Crippen molar-refractivity contribution < 1.29 is 9.59 Å². The molecule has 3 rings (SSSR count). The minimum Gasteiger partial charge on any atom is -0.278 e. The van der Waals surface area contributed by atoms with E-state index < -0.39 is 0 Å². The second-order valence-electron chi connectivity index (χ2n) is 8.13. The summed E-state index contributed by atoms with van der Waals surface area (Å²) in [5.41, 5.74) is 2.34. The van der Waals surface area contributed by atoms with Crippen molar-refractivity contribution in [1.29, 1.82) is 0 Å². The summed E-state index contributed by atoms with van der Waals surface area (Å²) in [4.78, 5) is 25.1. The number of aryl methyl sites for hydroxylation is 2. The van der Waals surface area contributed by atoms with Crippen molar-refractivity contribution in [3.05, 3.63) is 23.8 Å². The number of fused-ring (bicyclic) bond motifs is 1. The van der Waals surface area contributed by atoms with Gasteiger partial charge in [0.1, 0.15) is 0 Å². The van der Waals surface area contributed by atoms with Crippen LogP contribution in [-0.2, 0) is 18.3 Å². The van der Waals surface area contributed by atoms with Crippen molar-refractivity contribution >= 4 is 28.7 Å². The van der Waals surface area contributed by atoms with Gasteiger partial charge in [0.15, 0.2) is 5.82 Å². The molecule has 158 valence electrons. The third-order valence-electron chi connectivity index (χ3n) is 5.78. The van der Waals surface area contributed by atoms with Crippen LogP contribution in [0.3, 0.4) is 0 Å². The van der Waals surface area contributed by atoms with E-state index in [1.807, 2.05) is 11.7 Å². The van der Waals surface area contributed by atoms with Gasteiger partial charge in [0.25, 0.3) is 0 Å². The molecule has 0 atom stereocenters. The lowest BCUT2D eigenvalue weighted by molar-refractivity contribution is -0.120. The van der Waals surface area contributed by atoms with Gasteiger partial charge in [-0.25, -0.2) is 4.79 Å². The summed E-state index contributed by atoms with van der Waals surface area (Å²) in [5, 5.41) is 7.87. The van der Waals surface area contributed by atoms with E-state index in [0.717, 1.165) is 17.3 Å². The molecule has 1 aromatic heterocycles. The number of hydrogen-bond acceptors (Lipinski definition) is 3. The number of benzene rings is 1. The number of nitrogens with zero attached hydrogens (tertiary/aromatic N) is 3. The molecule has 6 nitrogen and oxygen atoms in total. The first-order valence-corrected chi connectivity index (χ1v) is 11.2. The number of rotatable bonds is 11. The predicted octanol–water partition coefficient (Wildman–Crippen LogP) is 5.09. The van der Waals surface area contributed by atoms with E-state index in [2.05, 4.69) is 35.5 Å². The SMILES string of the molecule is CCCCCCCCCCCc1ccc2c(N3CCC(=O)NC3=O)nn(C)c2c1. The largest absolute Gasteiger partial charge is 0.329 e. The summed E-state index contributed by atoms with van der Waals surface area (Å²) in [7, 11) is 1.90. The fourth-order valence-corrected chi connectivity index (χ4v) is 4.04. The zero-order chi connectivity index (χ0) is 20.6. The van der Waals surface area contributed by atoms with Crippen LogP contribution in [0.25, 0.3) is 10.9 Å². The number of hydrogen-bond donors (Lipinski definition) is 1. The van der Waals surface area contributed by atoms with Crippen LogP contribution in [-0.4, -0.2) is 28.3 Å². The normalized spacial score (nSPS) is 14.6. The molecule has 0 bridgehead atoms. The number of amides is 3. The highest BCUT2D eigenvalue weighted by Crippen LogP contribution is 2.28. The molecule has 3 amide bonds. The molecule has 1 saturated heterocycles. The maximum Gasteiger partial charge on any atom is 0.329 e. The third kappa shape index (κ3) is 5.58. The molecule has 29 heavy (non-hydrogen) atoms. The second-order valence-corrected chi connectivity index (χ2v) is 8.13.